The molecule has 2 heterocycles. The van der Waals surface area contributed by atoms with Crippen LogP contribution in [0.15, 0.2) is 27.6 Å². The summed E-state index contributed by atoms with van der Waals surface area (Å²) in [6.45, 7) is 4.41. The van der Waals surface area contributed by atoms with Gasteiger partial charge in [-0.3, -0.25) is 9.20 Å². The summed E-state index contributed by atoms with van der Waals surface area (Å²) in [5.41, 5.74) is 1.88. The van der Waals surface area contributed by atoms with E-state index in [2.05, 4.69) is 26.2 Å². The molecule has 0 aliphatic heterocycles. The Kier molecular flexibility index (Phi) is 4.34. The summed E-state index contributed by atoms with van der Waals surface area (Å²) >= 11 is 3.37. The molecule has 1 atom stereocenters. The van der Waals surface area contributed by atoms with Gasteiger partial charge in [-0.05, 0) is 26.0 Å². The minimum atomic E-state index is -0.420. The Hall–Kier alpha value is -1.24. The third-order valence-electron chi connectivity index (χ3n) is 2.85. The van der Waals surface area contributed by atoms with Gasteiger partial charge >= 0.3 is 0 Å². The summed E-state index contributed by atoms with van der Waals surface area (Å²) in [4.78, 5) is 16.7. The normalized spacial score (nSPS) is 12.8. The van der Waals surface area contributed by atoms with Crippen LogP contribution in [-0.2, 0) is 6.54 Å². The van der Waals surface area contributed by atoms with Crippen LogP contribution in [0.3, 0.4) is 0 Å². The zero-order chi connectivity index (χ0) is 14.0. The van der Waals surface area contributed by atoms with Crippen molar-refractivity contribution in [2.24, 2.45) is 0 Å². The first-order valence-electron chi connectivity index (χ1n) is 6.05. The molecular weight excluding hydrogens is 310 g/mol. The molecule has 6 heteroatoms. The Bertz CT molecular complexity index is 652. The molecule has 0 fully saturated rings. The molecule has 19 heavy (non-hydrogen) atoms. The molecule has 0 aromatic carbocycles. The highest BCUT2D eigenvalue weighted by Crippen LogP contribution is 2.11. The second kappa shape index (κ2) is 5.81. The van der Waals surface area contributed by atoms with E-state index in [1.165, 1.54) is 4.40 Å². The number of nitrogens with one attached hydrogen (secondary N) is 1. The molecular formula is C13H16BrN3O2. The van der Waals surface area contributed by atoms with Gasteiger partial charge in [0.15, 0.2) is 0 Å². The maximum atomic E-state index is 12.2. The summed E-state index contributed by atoms with van der Waals surface area (Å²) in [7, 11) is 0. The lowest BCUT2D eigenvalue weighted by Crippen LogP contribution is -2.27. The summed E-state index contributed by atoms with van der Waals surface area (Å²) < 4.78 is 2.41. The van der Waals surface area contributed by atoms with Crippen molar-refractivity contribution >= 4 is 21.6 Å². The van der Waals surface area contributed by atoms with E-state index in [4.69, 9.17) is 0 Å². The van der Waals surface area contributed by atoms with Gasteiger partial charge in [0, 0.05) is 29.3 Å². The van der Waals surface area contributed by atoms with E-state index in [9.17, 15) is 9.90 Å². The molecule has 0 aliphatic rings. The zero-order valence-corrected chi connectivity index (χ0v) is 12.4. The average Bonchev–Trinajstić information content (AvgIpc) is 2.34. The number of hydrogen-bond donors (Lipinski definition) is 2. The van der Waals surface area contributed by atoms with Gasteiger partial charge in [-0.1, -0.05) is 15.9 Å². The molecule has 5 nitrogen and oxygen atoms in total. The van der Waals surface area contributed by atoms with Crippen LogP contribution in [-0.4, -0.2) is 27.1 Å². The van der Waals surface area contributed by atoms with E-state index >= 15 is 0 Å². The van der Waals surface area contributed by atoms with Gasteiger partial charge < -0.3 is 10.4 Å². The first-order chi connectivity index (χ1) is 8.99. The Morgan fingerprint density at radius 3 is 3.00 bits per heavy atom. The van der Waals surface area contributed by atoms with Crippen LogP contribution in [0.4, 0.5) is 0 Å². The van der Waals surface area contributed by atoms with E-state index < -0.39 is 6.10 Å². The number of halogens is 1. The summed E-state index contributed by atoms with van der Waals surface area (Å²) in [6.07, 6.45) is 1.28. The van der Waals surface area contributed by atoms with Crippen LogP contribution >= 0.6 is 15.9 Å². The fraction of sp³-hybridized carbons (Fsp3) is 0.385. The second-order valence-electron chi connectivity index (χ2n) is 4.54. The molecule has 0 bridgehead atoms. The van der Waals surface area contributed by atoms with Gasteiger partial charge in [0.25, 0.3) is 5.56 Å². The summed E-state index contributed by atoms with van der Waals surface area (Å²) in [5.74, 6) is 0. The molecule has 0 saturated heterocycles. The van der Waals surface area contributed by atoms with Crippen LogP contribution in [0.25, 0.3) is 5.65 Å². The van der Waals surface area contributed by atoms with E-state index in [-0.39, 0.29) is 5.56 Å². The minimum absolute atomic E-state index is 0.0636. The molecule has 0 saturated carbocycles. The smallest absolute Gasteiger partial charge is 0.261 e. The molecule has 1 unspecified atom stereocenters. The maximum Gasteiger partial charge on any atom is 0.261 e. The molecule has 2 N–H and O–H groups in total. The molecule has 0 spiro atoms. The molecule has 2 rings (SSSR count). The van der Waals surface area contributed by atoms with Gasteiger partial charge in [0.1, 0.15) is 5.65 Å². The van der Waals surface area contributed by atoms with Crippen LogP contribution in [0.5, 0.6) is 0 Å². The predicted molar refractivity (Wildman–Crippen MR) is 77.3 cm³/mol. The SMILES string of the molecule is Cc1c(CNCC(C)O)nc2cc(Br)ccn2c1=O. The molecule has 2 aromatic heterocycles. The van der Waals surface area contributed by atoms with Crippen molar-refractivity contribution in [2.45, 2.75) is 26.5 Å². The lowest BCUT2D eigenvalue weighted by Gasteiger charge is -2.10. The lowest BCUT2D eigenvalue weighted by atomic mass is 10.2. The van der Waals surface area contributed by atoms with Crippen LogP contribution in [0, 0.1) is 6.92 Å². The number of fused-ring (bicyclic) bond motifs is 1. The van der Waals surface area contributed by atoms with Gasteiger partial charge in [0.05, 0.1) is 11.8 Å². The molecule has 2 aromatic rings. The molecule has 0 amide bonds. The van der Waals surface area contributed by atoms with Gasteiger partial charge in [0.2, 0.25) is 0 Å². The van der Waals surface area contributed by atoms with Crippen molar-refractivity contribution in [3.8, 4) is 0 Å². The maximum absolute atomic E-state index is 12.2. The van der Waals surface area contributed by atoms with E-state index in [1.807, 2.05) is 0 Å². The summed E-state index contributed by atoms with van der Waals surface area (Å²) in [6, 6.07) is 3.61. The minimum Gasteiger partial charge on any atom is -0.392 e. The van der Waals surface area contributed by atoms with Crippen molar-refractivity contribution in [1.82, 2.24) is 14.7 Å². The number of aromatic nitrogens is 2. The lowest BCUT2D eigenvalue weighted by molar-refractivity contribution is 0.191. The average molecular weight is 326 g/mol. The number of hydrogen-bond acceptors (Lipinski definition) is 4. The van der Waals surface area contributed by atoms with E-state index in [0.717, 1.165) is 4.47 Å². The number of aliphatic hydroxyl groups excluding tert-OH is 1. The van der Waals surface area contributed by atoms with Gasteiger partial charge in [-0.25, -0.2) is 4.98 Å². The number of pyridine rings is 1. The highest BCUT2D eigenvalue weighted by Gasteiger charge is 2.09. The van der Waals surface area contributed by atoms with Crippen molar-refractivity contribution in [3.05, 3.63) is 44.4 Å². The predicted octanol–water partition coefficient (Wildman–Crippen LogP) is 1.24. The van der Waals surface area contributed by atoms with Crippen LogP contribution in [0.2, 0.25) is 0 Å². The first-order valence-corrected chi connectivity index (χ1v) is 6.84. The quantitative estimate of drug-likeness (QED) is 0.887. The van der Waals surface area contributed by atoms with Gasteiger partial charge in [-0.2, -0.15) is 0 Å². The molecule has 0 radical (unpaired) electrons. The standard InChI is InChI=1S/C13H16BrN3O2/c1-8(18)6-15-7-11-9(2)13(19)17-4-3-10(14)5-12(17)16-11/h3-5,8,15,18H,6-7H2,1-2H3. The molecule has 0 aliphatic carbocycles. The largest absolute Gasteiger partial charge is 0.392 e. The highest BCUT2D eigenvalue weighted by molar-refractivity contribution is 9.10. The fourth-order valence-electron chi connectivity index (χ4n) is 1.82. The number of aliphatic hydroxyl groups is 1. The number of rotatable bonds is 4. The van der Waals surface area contributed by atoms with Gasteiger partial charge in [-0.15, -0.1) is 0 Å². The first kappa shape index (κ1) is 14.2. The highest BCUT2D eigenvalue weighted by atomic mass is 79.9. The topological polar surface area (TPSA) is 66.6 Å². The number of nitrogens with zero attached hydrogens (tertiary/aromatic N) is 2. The Morgan fingerprint density at radius 2 is 2.32 bits per heavy atom. The fourth-order valence-corrected chi connectivity index (χ4v) is 2.14. The van der Waals surface area contributed by atoms with E-state index in [1.54, 1.807) is 32.2 Å². The van der Waals surface area contributed by atoms with Crippen molar-refractivity contribution in [2.75, 3.05) is 6.54 Å². The third-order valence-corrected chi connectivity index (χ3v) is 3.34. The Labute approximate surface area is 119 Å². The molecule has 102 valence electrons. The third kappa shape index (κ3) is 3.20. The second-order valence-corrected chi connectivity index (χ2v) is 5.46. The Morgan fingerprint density at radius 1 is 1.58 bits per heavy atom. The van der Waals surface area contributed by atoms with Crippen LogP contribution in [0.1, 0.15) is 18.2 Å². The Balaban J connectivity index is 2.39. The zero-order valence-electron chi connectivity index (χ0n) is 10.9. The summed E-state index contributed by atoms with van der Waals surface area (Å²) in [5, 5.41) is 12.3. The van der Waals surface area contributed by atoms with Crippen LogP contribution < -0.4 is 10.9 Å². The van der Waals surface area contributed by atoms with Crippen molar-refractivity contribution in [1.29, 1.82) is 0 Å². The monoisotopic (exact) mass is 325 g/mol. The van der Waals surface area contributed by atoms with Crippen molar-refractivity contribution in [3.63, 3.8) is 0 Å². The van der Waals surface area contributed by atoms with E-state index in [0.29, 0.717) is 30.0 Å². The van der Waals surface area contributed by atoms with Crippen molar-refractivity contribution < 1.29 is 5.11 Å².